The van der Waals surface area contributed by atoms with E-state index in [0.29, 0.717) is 6.04 Å². The summed E-state index contributed by atoms with van der Waals surface area (Å²) in [5, 5.41) is 3.63. The van der Waals surface area contributed by atoms with Crippen LogP contribution in [0.25, 0.3) is 0 Å². The lowest BCUT2D eigenvalue weighted by Crippen LogP contribution is -2.51. The molecule has 0 aromatic heterocycles. The molecule has 0 aliphatic carbocycles. The monoisotopic (exact) mass is 358 g/mol. The highest BCUT2D eigenvalue weighted by molar-refractivity contribution is 14.1. The summed E-state index contributed by atoms with van der Waals surface area (Å²) in [6.45, 7) is 10.1. The van der Waals surface area contributed by atoms with Gasteiger partial charge in [0.05, 0.1) is 0 Å². The fraction of sp³-hybridized carbons (Fsp3) is 0.600. The van der Waals surface area contributed by atoms with Crippen molar-refractivity contribution in [2.75, 3.05) is 24.5 Å². The number of piperazine rings is 1. The van der Waals surface area contributed by atoms with E-state index in [-0.39, 0.29) is 0 Å². The molecule has 1 unspecified atom stereocenters. The molecular formula is C15H23IN2. The Morgan fingerprint density at radius 1 is 1.44 bits per heavy atom. The van der Waals surface area contributed by atoms with E-state index in [9.17, 15) is 0 Å². The smallest absolute Gasteiger partial charge is 0.0377 e. The third kappa shape index (κ3) is 3.60. The topological polar surface area (TPSA) is 15.3 Å². The minimum atomic E-state index is 0.637. The Morgan fingerprint density at radius 2 is 2.22 bits per heavy atom. The Hall–Kier alpha value is -0.290. The van der Waals surface area contributed by atoms with E-state index < -0.39 is 0 Å². The van der Waals surface area contributed by atoms with Crippen LogP contribution in [0.1, 0.15) is 25.8 Å². The number of aryl methyl sites for hydroxylation is 1. The molecule has 1 N–H and O–H groups in total. The van der Waals surface area contributed by atoms with Crippen molar-refractivity contribution in [3.8, 4) is 0 Å². The second-order valence-corrected chi connectivity index (χ2v) is 6.82. The predicted molar refractivity (Wildman–Crippen MR) is 87.4 cm³/mol. The molecule has 1 fully saturated rings. The zero-order valence-corrected chi connectivity index (χ0v) is 13.7. The largest absolute Gasteiger partial charge is 0.369 e. The molecule has 1 aromatic carbocycles. The zero-order chi connectivity index (χ0) is 13.1. The molecule has 2 nitrogen and oxygen atoms in total. The number of halogens is 1. The van der Waals surface area contributed by atoms with Crippen LogP contribution in [0.3, 0.4) is 0 Å². The molecule has 18 heavy (non-hydrogen) atoms. The summed E-state index contributed by atoms with van der Waals surface area (Å²) in [5.74, 6) is 0.764. The van der Waals surface area contributed by atoms with Gasteiger partial charge in [0, 0.05) is 34.9 Å². The van der Waals surface area contributed by atoms with Crippen LogP contribution in [-0.4, -0.2) is 25.7 Å². The number of hydrogen-bond donors (Lipinski definition) is 1. The van der Waals surface area contributed by atoms with Gasteiger partial charge in [-0.15, -0.1) is 0 Å². The third-order valence-corrected chi connectivity index (χ3v) is 4.69. The summed E-state index contributed by atoms with van der Waals surface area (Å²) in [4.78, 5) is 2.52. The first kappa shape index (κ1) is 14.1. The average Bonchev–Trinajstić information content (AvgIpc) is 2.32. The first-order chi connectivity index (χ1) is 8.56. The van der Waals surface area contributed by atoms with E-state index in [1.807, 2.05) is 0 Å². The number of rotatable bonds is 3. The molecule has 1 atom stereocenters. The van der Waals surface area contributed by atoms with Crippen molar-refractivity contribution in [2.45, 2.75) is 33.2 Å². The number of nitrogens with zero attached hydrogens (tertiary/aromatic N) is 1. The molecule has 0 saturated carbocycles. The number of benzene rings is 1. The summed E-state index contributed by atoms with van der Waals surface area (Å²) < 4.78 is 1.36. The van der Waals surface area contributed by atoms with Gasteiger partial charge in [-0.3, -0.25) is 0 Å². The van der Waals surface area contributed by atoms with Crippen molar-refractivity contribution in [3.63, 3.8) is 0 Å². The lowest BCUT2D eigenvalue weighted by Gasteiger charge is -2.36. The maximum absolute atomic E-state index is 3.63. The molecule has 1 aromatic rings. The standard InChI is InChI=1S/C15H23IN2/c1-11(2)8-13-10-18(7-6-17-13)14-5-4-12(3)15(16)9-14/h4-5,9,11,13,17H,6-8,10H2,1-3H3. The van der Waals surface area contributed by atoms with E-state index in [2.05, 4.69) is 71.8 Å². The van der Waals surface area contributed by atoms with Crippen LogP contribution in [0.2, 0.25) is 0 Å². The van der Waals surface area contributed by atoms with Gasteiger partial charge in [0.25, 0.3) is 0 Å². The predicted octanol–water partition coefficient (Wildman–Crippen LogP) is 3.42. The molecule has 100 valence electrons. The molecule has 1 heterocycles. The van der Waals surface area contributed by atoms with Crippen LogP contribution in [0.4, 0.5) is 5.69 Å². The van der Waals surface area contributed by atoms with Gasteiger partial charge in [0.1, 0.15) is 0 Å². The quantitative estimate of drug-likeness (QED) is 0.833. The normalized spacial score (nSPS) is 20.5. The first-order valence-corrected chi connectivity index (χ1v) is 7.88. The molecule has 0 spiro atoms. The second kappa shape index (κ2) is 6.24. The van der Waals surface area contributed by atoms with E-state index in [1.54, 1.807) is 0 Å². The van der Waals surface area contributed by atoms with Crippen molar-refractivity contribution in [3.05, 3.63) is 27.3 Å². The van der Waals surface area contributed by atoms with Crippen LogP contribution in [0.5, 0.6) is 0 Å². The molecule has 0 amide bonds. The minimum absolute atomic E-state index is 0.637. The lowest BCUT2D eigenvalue weighted by molar-refractivity contribution is 0.388. The van der Waals surface area contributed by atoms with Gasteiger partial charge < -0.3 is 10.2 Å². The van der Waals surface area contributed by atoms with Gasteiger partial charge in [0.2, 0.25) is 0 Å². The van der Waals surface area contributed by atoms with Gasteiger partial charge in [-0.2, -0.15) is 0 Å². The van der Waals surface area contributed by atoms with Gasteiger partial charge >= 0.3 is 0 Å². The summed E-state index contributed by atoms with van der Waals surface area (Å²) in [6, 6.07) is 7.44. The SMILES string of the molecule is Cc1ccc(N2CCNC(CC(C)C)C2)cc1I. The molecule has 2 rings (SSSR count). The van der Waals surface area contributed by atoms with Crippen molar-refractivity contribution in [1.82, 2.24) is 5.32 Å². The van der Waals surface area contributed by atoms with Crippen molar-refractivity contribution < 1.29 is 0 Å². The number of nitrogens with one attached hydrogen (secondary N) is 1. The first-order valence-electron chi connectivity index (χ1n) is 6.80. The minimum Gasteiger partial charge on any atom is -0.369 e. The Balaban J connectivity index is 2.05. The summed E-state index contributed by atoms with van der Waals surface area (Å²) in [6.07, 6.45) is 1.26. The number of hydrogen-bond acceptors (Lipinski definition) is 2. The molecule has 1 aliphatic rings. The van der Waals surface area contributed by atoms with Gasteiger partial charge in [-0.1, -0.05) is 19.9 Å². The highest BCUT2D eigenvalue weighted by Gasteiger charge is 2.20. The van der Waals surface area contributed by atoms with Crippen LogP contribution in [-0.2, 0) is 0 Å². The molecule has 0 bridgehead atoms. The Kier molecular flexibility index (Phi) is 4.90. The van der Waals surface area contributed by atoms with E-state index in [1.165, 1.54) is 21.2 Å². The van der Waals surface area contributed by atoms with Crippen LogP contribution in [0, 0.1) is 16.4 Å². The molecule has 1 aliphatic heterocycles. The molecule has 0 radical (unpaired) electrons. The van der Waals surface area contributed by atoms with E-state index >= 15 is 0 Å². The third-order valence-electron chi connectivity index (χ3n) is 3.53. The van der Waals surface area contributed by atoms with Crippen LogP contribution >= 0.6 is 22.6 Å². The fourth-order valence-corrected chi connectivity index (χ4v) is 3.06. The Labute approximate surface area is 124 Å². The highest BCUT2D eigenvalue weighted by Crippen LogP contribution is 2.22. The van der Waals surface area contributed by atoms with Gasteiger partial charge in [-0.25, -0.2) is 0 Å². The van der Waals surface area contributed by atoms with Gasteiger partial charge in [0.15, 0.2) is 0 Å². The van der Waals surface area contributed by atoms with Crippen molar-refractivity contribution in [1.29, 1.82) is 0 Å². The number of anilines is 1. The van der Waals surface area contributed by atoms with Crippen LogP contribution in [0.15, 0.2) is 18.2 Å². The summed E-state index contributed by atoms with van der Waals surface area (Å²) in [5.41, 5.74) is 2.74. The molecule has 3 heteroatoms. The Bertz CT molecular complexity index is 403. The average molecular weight is 358 g/mol. The zero-order valence-electron chi connectivity index (χ0n) is 11.5. The maximum Gasteiger partial charge on any atom is 0.0377 e. The Morgan fingerprint density at radius 3 is 2.89 bits per heavy atom. The van der Waals surface area contributed by atoms with Crippen molar-refractivity contribution in [2.24, 2.45) is 5.92 Å². The molecule has 1 saturated heterocycles. The van der Waals surface area contributed by atoms with Crippen molar-refractivity contribution >= 4 is 28.3 Å². The maximum atomic E-state index is 3.63. The van der Waals surface area contributed by atoms with E-state index in [4.69, 9.17) is 0 Å². The summed E-state index contributed by atoms with van der Waals surface area (Å²) >= 11 is 2.43. The fourth-order valence-electron chi connectivity index (χ4n) is 2.57. The lowest BCUT2D eigenvalue weighted by atomic mass is 10.0. The summed E-state index contributed by atoms with van der Waals surface area (Å²) in [7, 11) is 0. The van der Waals surface area contributed by atoms with Gasteiger partial charge in [-0.05, 0) is 59.5 Å². The van der Waals surface area contributed by atoms with E-state index in [0.717, 1.165) is 25.6 Å². The van der Waals surface area contributed by atoms with Crippen LogP contribution < -0.4 is 10.2 Å². The second-order valence-electron chi connectivity index (χ2n) is 5.66. The molecular weight excluding hydrogens is 335 g/mol. The highest BCUT2D eigenvalue weighted by atomic mass is 127.